The summed E-state index contributed by atoms with van der Waals surface area (Å²) in [4.78, 5) is 11.1. The van der Waals surface area contributed by atoms with E-state index in [1.165, 1.54) is 0 Å². The van der Waals surface area contributed by atoms with E-state index in [2.05, 4.69) is 63.2 Å². The molecule has 1 aromatic carbocycles. The molecule has 0 fully saturated rings. The largest absolute Gasteiger partial charge is 0.464 e. The fourth-order valence-corrected chi connectivity index (χ4v) is 14.4. The van der Waals surface area contributed by atoms with Gasteiger partial charge in [0.2, 0.25) is 0 Å². The number of ether oxygens (including phenoxy) is 1. The van der Waals surface area contributed by atoms with Gasteiger partial charge in [0.25, 0.3) is 0 Å². The molecule has 1 rings (SSSR count). The van der Waals surface area contributed by atoms with Gasteiger partial charge in [0.05, 0.1) is 6.61 Å². The molecule has 0 radical (unpaired) electrons. The lowest BCUT2D eigenvalue weighted by molar-refractivity contribution is -0.146. The molecule has 0 bridgehead atoms. The van der Waals surface area contributed by atoms with Crippen LogP contribution in [0.25, 0.3) is 6.08 Å². The molecule has 28 heavy (non-hydrogen) atoms. The molecule has 0 heterocycles. The number of rotatable bonds is 12. The quantitative estimate of drug-likeness (QED) is 0.290. The Hall–Kier alpha value is -1.04. The normalized spacial score (nSPS) is 13.1. The number of aliphatic hydroxyl groups excluding tert-OH is 1. The highest BCUT2D eigenvalue weighted by molar-refractivity contribution is 6.90. The van der Waals surface area contributed by atoms with Crippen LogP contribution >= 0.6 is 0 Å². The molecule has 0 aliphatic heterocycles. The van der Waals surface area contributed by atoms with Gasteiger partial charge in [-0.15, -0.1) is 0 Å². The van der Waals surface area contributed by atoms with Crippen LogP contribution in [-0.2, 0) is 17.8 Å². The summed E-state index contributed by atoms with van der Waals surface area (Å²) in [6.07, 6.45) is 3.70. The van der Waals surface area contributed by atoms with Crippen LogP contribution in [0.1, 0.15) is 18.4 Å². The Morgan fingerprint density at radius 1 is 0.964 bits per heavy atom. The maximum Gasteiger partial charge on any atom is 0.344 e. The van der Waals surface area contributed by atoms with Crippen molar-refractivity contribution in [2.24, 2.45) is 0 Å². The van der Waals surface area contributed by atoms with E-state index >= 15 is 0 Å². The first-order valence-electron chi connectivity index (χ1n) is 9.86. The summed E-state index contributed by atoms with van der Waals surface area (Å²) >= 11 is 0. The summed E-state index contributed by atoms with van der Waals surface area (Å²) in [5.74, 6) is -0.579. The predicted molar refractivity (Wildman–Crippen MR) is 122 cm³/mol. The monoisotopic (exact) mass is 440 g/mol. The first kappa shape index (κ1) is 25.0. The van der Waals surface area contributed by atoms with Gasteiger partial charge in [0, 0.05) is 0 Å². The molecule has 8 heteroatoms. The van der Waals surface area contributed by atoms with Gasteiger partial charge in [-0.3, -0.25) is 0 Å². The van der Waals surface area contributed by atoms with E-state index in [0.717, 1.165) is 24.4 Å². The number of hydrogen-bond donors (Lipinski definition) is 1. The maximum atomic E-state index is 11.1. The zero-order valence-corrected chi connectivity index (χ0v) is 21.2. The third-order valence-corrected chi connectivity index (χ3v) is 13.0. The molecule has 1 N–H and O–H groups in total. The van der Waals surface area contributed by atoms with Crippen LogP contribution in [0.5, 0.6) is 0 Å². The Bertz CT molecular complexity index is 605. The number of carbonyl (C=O) groups excluding carboxylic acids is 1. The number of unbranched alkanes of at least 4 members (excludes halogenated alkanes) is 1. The van der Waals surface area contributed by atoms with Crippen molar-refractivity contribution in [3.05, 3.63) is 41.6 Å². The van der Waals surface area contributed by atoms with Crippen molar-refractivity contribution in [2.75, 3.05) is 13.2 Å². The van der Waals surface area contributed by atoms with Crippen LogP contribution in [0.3, 0.4) is 0 Å². The summed E-state index contributed by atoms with van der Waals surface area (Å²) in [5, 5.41) is 8.75. The molecule has 0 spiro atoms. The summed E-state index contributed by atoms with van der Waals surface area (Å²) in [6, 6.07) is 11.0. The van der Waals surface area contributed by atoms with E-state index in [-0.39, 0.29) is 0 Å². The molecule has 0 saturated carbocycles. The van der Waals surface area contributed by atoms with Gasteiger partial charge in [-0.2, -0.15) is 0 Å². The van der Waals surface area contributed by atoms with Crippen LogP contribution in [-0.4, -0.2) is 49.5 Å². The zero-order valence-electron chi connectivity index (χ0n) is 18.2. The molecule has 0 saturated heterocycles. The van der Waals surface area contributed by atoms with E-state index in [9.17, 15) is 4.79 Å². The third-order valence-electron chi connectivity index (χ3n) is 3.60. The Balaban J connectivity index is 2.99. The Kier molecular flexibility index (Phi) is 10.0. The summed E-state index contributed by atoms with van der Waals surface area (Å²) < 4.78 is 18.4. The van der Waals surface area contributed by atoms with E-state index < -0.39 is 37.8 Å². The van der Waals surface area contributed by atoms with Crippen molar-refractivity contribution in [2.45, 2.75) is 58.2 Å². The van der Waals surface area contributed by atoms with Gasteiger partial charge in [0.15, 0.2) is 16.6 Å². The standard InChI is InChI=1S/C20H36O5Si3/c1-26(2,3)24-28(25-27(4,5)6,16-11-10-15-23-20(22)18-21)17-14-19-12-8-7-9-13-19/h7-9,12-14,17,21H,10-11,15-16,18H2,1-6H3. The molecule has 0 aromatic heterocycles. The second kappa shape index (κ2) is 11.2. The van der Waals surface area contributed by atoms with E-state index in [4.69, 9.17) is 18.1 Å². The molecule has 158 valence electrons. The minimum atomic E-state index is -2.58. The summed E-state index contributed by atoms with van der Waals surface area (Å²) in [5.41, 5.74) is 3.33. The highest BCUT2D eigenvalue weighted by Gasteiger charge is 2.42. The van der Waals surface area contributed by atoms with Gasteiger partial charge in [-0.25, -0.2) is 4.79 Å². The van der Waals surface area contributed by atoms with E-state index in [1.54, 1.807) is 0 Å². The lowest BCUT2D eigenvalue weighted by Gasteiger charge is -2.39. The molecule has 0 atom stereocenters. The highest BCUT2D eigenvalue weighted by Crippen LogP contribution is 2.28. The topological polar surface area (TPSA) is 65.0 Å². The van der Waals surface area contributed by atoms with Gasteiger partial charge in [0.1, 0.15) is 6.61 Å². The Morgan fingerprint density at radius 2 is 1.54 bits per heavy atom. The van der Waals surface area contributed by atoms with Crippen molar-refractivity contribution < 1.29 is 22.9 Å². The molecular formula is C20H36O5Si3. The van der Waals surface area contributed by atoms with Gasteiger partial charge < -0.3 is 18.1 Å². The molecule has 0 aliphatic carbocycles. The van der Waals surface area contributed by atoms with Crippen LogP contribution < -0.4 is 0 Å². The lowest BCUT2D eigenvalue weighted by Crippen LogP contribution is -2.53. The minimum absolute atomic E-state index is 0.312. The number of esters is 1. The van der Waals surface area contributed by atoms with Crippen molar-refractivity contribution in [3.8, 4) is 0 Å². The average Bonchev–Trinajstić information content (AvgIpc) is 2.57. The average molecular weight is 441 g/mol. The zero-order chi connectivity index (χ0) is 21.3. The minimum Gasteiger partial charge on any atom is -0.464 e. The second-order valence-electron chi connectivity index (χ2n) is 8.82. The first-order chi connectivity index (χ1) is 12.9. The fraction of sp³-hybridized carbons (Fsp3) is 0.550. The SMILES string of the molecule is C[Si](C)(C)O[Si](C=Cc1ccccc1)(CCCCOC(=O)CO)O[Si](C)(C)C. The first-order valence-corrected chi connectivity index (χ1v) is 18.8. The molecule has 1 aromatic rings. The lowest BCUT2D eigenvalue weighted by atomic mass is 10.2. The van der Waals surface area contributed by atoms with Gasteiger partial charge >= 0.3 is 14.5 Å². The summed E-state index contributed by atoms with van der Waals surface area (Å²) in [6.45, 7) is 12.9. The highest BCUT2D eigenvalue weighted by atomic mass is 28.5. The van der Waals surface area contributed by atoms with Crippen LogP contribution in [0, 0.1) is 0 Å². The van der Waals surface area contributed by atoms with Crippen LogP contribution in [0.4, 0.5) is 0 Å². The van der Waals surface area contributed by atoms with E-state index in [0.29, 0.717) is 6.61 Å². The van der Waals surface area contributed by atoms with E-state index in [1.807, 2.05) is 18.2 Å². The number of aliphatic hydroxyl groups is 1. The van der Waals surface area contributed by atoms with Gasteiger partial charge in [-0.1, -0.05) is 36.4 Å². The third kappa shape index (κ3) is 11.1. The van der Waals surface area contributed by atoms with Crippen molar-refractivity contribution in [1.82, 2.24) is 0 Å². The van der Waals surface area contributed by atoms with Crippen molar-refractivity contribution >= 4 is 37.2 Å². The molecular weight excluding hydrogens is 404 g/mol. The van der Waals surface area contributed by atoms with Crippen molar-refractivity contribution in [1.29, 1.82) is 0 Å². The van der Waals surface area contributed by atoms with Crippen molar-refractivity contribution in [3.63, 3.8) is 0 Å². The number of benzene rings is 1. The summed E-state index contributed by atoms with van der Waals surface area (Å²) in [7, 11) is -6.25. The number of hydrogen-bond acceptors (Lipinski definition) is 5. The molecule has 5 nitrogen and oxygen atoms in total. The second-order valence-corrected chi connectivity index (χ2v) is 21.4. The van der Waals surface area contributed by atoms with Crippen LogP contribution in [0.2, 0.25) is 45.3 Å². The molecule has 0 aliphatic rings. The van der Waals surface area contributed by atoms with Gasteiger partial charge in [-0.05, 0) is 69.4 Å². The fourth-order valence-electron chi connectivity index (χ4n) is 2.80. The van der Waals surface area contributed by atoms with Crippen LogP contribution in [0.15, 0.2) is 36.0 Å². The molecule has 0 amide bonds. The maximum absolute atomic E-state index is 11.1. The Labute approximate surface area is 173 Å². The predicted octanol–water partition coefficient (Wildman–Crippen LogP) is 4.70. The number of carbonyl (C=O) groups is 1. The smallest absolute Gasteiger partial charge is 0.344 e. The Morgan fingerprint density at radius 3 is 2.04 bits per heavy atom. The molecule has 0 unspecified atom stereocenters.